The lowest BCUT2D eigenvalue weighted by Crippen LogP contribution is -2.53. The summed E-state index contributed by atoms with van der Waals surface area (Å²) in [5, 5.41) is 9.48. The van der Waals surface area contributed by atoms with Gasteiger partial charge in [-0.2, -0.15) is 5.26 Å². The molecule has 0 saturated carbocycles. The average Bonchev–Trinajstić information content (AvgIpc) is 2.51. The third-order valence-corrected chi connectivity index (χ3v) is 4.96. The van der Waals surface area contributed by atoms with Crippen LogP contribution in [0.15, 0.2) is 24.3 Å². The molecule has 1 saturated heterocycles. The normalized spacial score (nSPS) is 22.8. The Hall–Kier alpha value is -2.28. The number of nitrogens with zero attached hydrogens (tertiary/aromatic N) is 2. The molecule has 0 aromatic heterocycles. The number of hydrogen-bond donors (Lipinski definition) is 0. The highest BCUT2D eigenvalue weighted by Crippen LogP contribution is 2.39. The molecule has 1 aromatic carbocycles. The smallest absolute Gasteiger partial charge is 0.411 e. The Kier molecular flexibility index (Phi) is 4.60. The summed E-state index contributed by atoms with van der Waals surface area (Å²) < 4.78 is 5.63. The zero-order valence-electron chi connectivity index (χ0n) is 15.5. The van der Waals surface area contributed by atoms with Gasteiger partial charge in [-0.25, -0.2) is 4.79 Å². The third kappa shape index (κ3) is 3.56. The van der Waals surface area contributed by atoms with Gasteiger partial charge in [0, 0.05) is 6.04 Å². The van der Waals surface area contributed by atoms with E-state index in [4.69, 9.17) is 4.74 Å². The number of hydrogen-bond acceptors (Lipinski definition) is 3. The first-order valence-electron chi connectivity index (χ1n) is 9.02. The molecule has 2 heterocycles. The van der Waals surface area contributed by atoms with Crippen LogP contribution in [0.3, 0.4) is 0 Å². The van der Waals surface area contributed by atoms with E-state index in [1.165, 1.54) is 5.57 Å². The predicted octanol–water partition coefficient (Wildman–Crippen LogP) is 4.81. The zero-order chi connectivity index (χ0) is 18.2. The van der Waals surface area contributed by atoms with Crippen LogP contribution in [0.2, 0.25) is 0 Å². The number of amides is 1. The first-order chi connectivity index (χ1) is 11.8. The molecule has 1 amide bonds. The number of carbonyl (C=O) groups is 1. The van der Waals surface area contributed by atoms with Crippen molar-refractivity contribution in [1.82, 2.24) is 4.90 Å². The van der Waals surface area contributed by atoms with Gasteiger partial charge in [-0.15, -0.1) is 0 Å². The molecule has 0 radical (unpaired) electrons. The number of ether oxygens (including phenoxy) is 1. The lowest BCUT2D eigenvalue weighted by Gasteiger charge is -2.45. The van der Waals surface area contributed by atoms with E-state index in [9.17, 15) is 10.1 Å². The van der Waals surface area contributed by atoms with Gasteiger partial charge in [0.2, 0.25) is 0 Å². The zero-order valence-corrected chi connectivity index (χ0v) is 15.5. The summed E-state index contributed by atoms with van der Waals surface area (Å²) in [5.41, 5.74) is 3.60. The van der Waals surface area contributed by atoms with Gasteiger partial charge in [0.15, 0.2) is 0 Å². The second-order valence-corrected chi connectivity index (χ2v) is 8.04. The van der Waals surface area contributed by atoms with Gasteiger partial charge in [0.25, 0.3) is 0 Å². The fourth-order valence-corrected chi connectivity index (χ4v) is 4.00. The molecule has 2 atom stereocenters. The minimum absolute atomic E-state index is 0.0588. The molecule has 0 aliphatic carbocycles. The van der Waals surface area contributed by atoms with E-state index in [2.05, 4.69) is 12.1 Å². The number of rotatable bonds is 1. The van der Waals surface area contributed by atoms with Crippen LogP contribution in [0.25, 0.3) is 5.57 Å². The second-order valence-electron chi connectivity index (χ2n) is 8.04. The first-order valence-corrected chi connectivity index (χ1v) is 9.02. The standard InChI is InChI=1S/C21H26N2O2/c1-14-7-5-8-15(13-22)19(14)16-11-17-9-6-10-18(12-16)23(17)20(24)25-21(2,3)4/h5,7-8,11,17-18H,6,9-10,12H2,1-4H3. The molecule has 132 valence electrons. The quantitative estimate of drug-likeness (QED) is 0.738. The Morgan fingerprint density at radius 2 is 2.08 bits per heavy atom. The van der Waals surface area contributed by atoms with Crippen molar-refractivity contribution in [3.05, 3.63) is 41.0 Å². The molecule has 2 aliphatic rings. The average molecular weight is 338 g/mol. The van der Waals surface area contributed by atoms with Crippen LogP contribution in [0, 0.1) is 18.3 Å². The molecule has 1 fully saturated rings. The SMILES string of the molecule is Cc1cccc(C#N)c1C1=CC2CCCC(C1)N2C(=O)OC(C)(C)C. The predicted molar refractivity (Wildman–Crippen MR) is 98.0 cm³/mol. The van der Waals surface area contributed by atoms with Gasteiger partial charge in [-0.1, -0.05) is 18.2 Å². The molecular weight excluding hydrogens is 312 g/mol. The maximum Gasteiger partial charge on any atom is 0.411 e. The van der Waals surface area contributed by atoms with Crippen molar-refractivity contribution < 1.29 is 9.53 Å². The molecule has 2 unspecified atom stereocenters. The van der Waals surface area contributed by atoms with Crippen molar-refractivity contribution in [3.63, 3.8) is 0 Å². The number of aryl methyl sites for hydroxylation is 1. The fraction of sp³-hybridized carbons (Fsp3) is 0.524. The summed E-state index contributed by atoms with van der Waals surface area (Å²) in [6.07, 6.45) is 5.81. The van der Waals surface area contributed by atoms with Crippen molar-refractivity contribution in [2.75, 3.05) is 0 Å². The van der Waals surface area contributed by atoms with Crippen LogP contribution in [0.4, 0.5) is 4.79 Å². The fourth-order valence-electron chi connectivity index (χ4n) is 4.00. The molecule has 25 heavy (non-hydrogen) atoms. The van der Waals surface area contributed by atoms with Crippen LogP contribution in [0.5, 0.6) is 0 Å². The summed E-state index contributed by atoms with van der Waals surface area (Å²) in [7, 11) is 0. The Balaban J connectivity index is 1.95. The molecule has 2 bridgehead atoms. The second kappa shape index (κ2) is 6.55. The summed E-state index contributed by atoms with van der Waals surface area (Å²) in [4.78, 5) is 14.6. The Labute approximate surface area is 150 Å². The van der Waals surface area contributed by atoms with Gasteiger partial charge >= 0.3 is 6.09 Å². The Morgan fingerprint density at radius 1 is 1.32 bits per heavy atom. The summed E-state index contributed by atoms with van der Waals surface area (Å²) >= 11 is 0. The molecule has 1 aromatic rings. The van der Waals surface area contributed by atoms with Gasteiger partial charge in [-0.05, 0) is 76.1 Å². The maximum absolute atomic E-state index is 12.7. The molecule has 3 rings (SSSR count). The van der Waals surface area contributed by atoms with Gasteiger partial charge in [-0.3, -0.25) is 4.90 Å². The highest BCUT2D eigenvalue weighted by atomic mass is 16.6. The van der Waals surface area contributed by atoms with E-state index >= 15 is 0 Å². The van der Waals surface area contributed by atoms with Gasteiger partial charge in [0.05, 0.1) is 17.7 Å². The number of benzene rings is 1. The molecule has 2 aliphatic heterocycles. The highest BCUT2D eigenvalue weighted by molar-refractivity contribution is 5.78. The van der Waals surface area contributed by atoms with E-state index in [0.29, 0.717) is 0 Å². The highest BCUT2D eigenvalue weighted by Gasteiger charge is 2.39. The van der Waals surface area contributed by atoms with Gasteiger partial charge < -0.3 is 4.74 Å². The van der Waals surface area contributed by atoms with E-state index in [1.54, 1.807) is 0 Å². The Bertz CT molecular complexity index is 752. The minimum atomic E-state index is -0.487. The monoisotopic (exact) mass is 338 g/mol. The van der Waals surface area contributed by atoms with Crippen molar-refractivity contribution in [1.29, 1.82) is 5.26 Å². The van der Waals surface area contributed by atoms with Crippen LogP contribution in [-0.4, -0.2) is 28.7 Å². The third-order valence-electron chi connectivity index (χ3n) is 4.96. The Morgan fingerprint density at radius 3 is 2.72 bits per heavy atom. The number of fused-ring (bicyclic) bond motifs is 2. The van der Waals surface area contributed by atoms with Crippen molar-refractivity contribution >= 4 is 11.7 Å². The largest absolute Gasteiger partial charge is 0.444 e. The minimum Gasteiger partial charge on any atom is -0.444 e. The molecule has 4 nitrogen and oxygen atoms in total. The van der Waals surface area contributed by atoms with E-state index in [-0.39, 0.29) is 18.2 Å². The van der Waals surface area contributed by atoms with Gasteiger partial charge in [0.1, 0.15) is 5.60 Å². The molecular formula is C21H26N2O2. The van der Waals surface area contributed by atoms with Crippen molar-refractivity contribution in [3.8, 4) is 6.07 Å². The van der Waals surface area contributed by atoms with Crippen molar-refractivity contribution in [2.45, 2.75) is 71.1 Å². The number of nitriles is 1. The lowest BCUT2D eigenvalue weighted by atomic mass is 9.81. The number of piperidine rings is 1. The van der Waals surface area contributed by atoms with E-state index in [0.717, 1.165) is 42.4 Å². The summed E-state index contributed by atoms with van der Waals surface area (Å²) in [6.45, 7) is 7.75. The molecule has 0 N–H and O–H groups in total. The maximum atomic E-state index is 12.7. The summed E-state index contributed by atoms with van der Waals surface area (Å²) in [5.74, 6) is 0. The lowest BCUT2D eigenvalue weighted by molar-refractivity contribution is 0.0000856. The van der Waals surface area contributed by atoms with Crippen LogP contribution in [0.1, 0.15) is 63.1 Å². The van der Waals surface area contributed by atoms with Crippen LogP contribution >= 0.6 is 0 Å². The molecule has 4 heteroatoms. The number of carbonyl (C=O) groups excluding carboxylic acids is 1. The van der Waals surface area contributed by atoms with Crippen LogP contribution in [-0.2, 0) is 4.74 Å². The van der Waals surface area contributed by atoms with E-state index < -0.39 is 5.60 Å². The summed E-state index contributed by atoms with van der Waals surface area (Å²) in [6, 6.07) is 8.38. The first kappa shape index (κ1) is 17.5. The topological polar surface area (TPSA) is 53.3 Å². The molecule has 0 spiro atoms. The van der Waals surface area contributed by atoms with Crippen molar-refractivity contribution in [2.24, 2.45) is 0 Å². The van der Waals surface area contributed by atoms with E-state index in [1.807, 2.05) is 50.8 Å². The van der Waals surface area contributed by atoms with Crippen LogP contribution < -0.4 is 0 Å².